The molecule has 1 N–H and O–H groups in total. The number of rotatable bonds is 9. The number of ether oxygens (including phenoxy) is 1. The van der Waals surface area contributed by atoms with E-state index in [2.05, 4.69) is 10.2 Å². The van der Waals surface area contributed by atoms with Gasteiger partial charge in [0.1, 0.15) is 22.4 Å². The minimum Gasteiger partial charge on any atom is -0.488 e. The third-order valence-electron chi connectivity index (χ3n) is 5.04. The molecule has 0 aliphatic heterocycles. The Morgan fingerprint density at radius 1 is 1.08 bits per heavy atom. The number of hydrogen-bond acceptors (Lipinski definition) is 6. The number of aromatic nitrogens is 2. The van der Waals surface area contributed by atoms with Gasteiger partial charge < -0.3 is 9.84 Å². The second kappa shape index (κ2) is 12.1. The van der Waals surface area contributed by atoms with Crippen LogP contribution in [0, 0.1) is 0 Å². The molecule has 12 heteroatoms. The van der Waals surface area contributed by atoms with Gasteiger partial charge in [0, 0.05) is 22.5 Å². The van der Waals surface area contributed by atoms with Crippen molar-refractivity contribution >= 4 is 28.7 Å². The van der Waals surface area contributed by atoms with Gasteiger partial charge in [-0.15, -0.1) is 22.0 Å². The standard InChI is InChI=1S/C25H22F6N2O2S2/c1-15(13-34)22-32-33-23(37-22)17-8-9-21(20(11-17)25(29,30)31)35-14-19(36-2)10-18(12-24(26,27)28)16-6-4-3-5-7-16/h3-12,15,34H,13-14H2,1-2H3/b18-12-,19-10-. The van der Waals surface area contributed by atoms with Gasteiger partial charge in [0.15, 0.2) is 0 Å². The SMILES string of the molecule is CS/C(=C\C(=C\C(F)(F)F)c1ccccc1)COc1ccc(-c2nnc(C(C)CO)s2)cc1C(F)(F)F. The van der Waals surface area contributed by atoms with E-state index in [1.807, 2.05) is 0 Å². The fourth-order valence-electron chi connectivity index (χ4n) is 3.14. The van der Waals surface area contributed by atoms with E-state index >= 15 is 0 Å². The highest BCUT2D eigenvalue weighted by molar-refractivity contribution is 8.02. The zero-order valence-corrected chi connectivity index (χ0v) is 21.2. The largest absolute Gasteiger partial charge is 0.488 e. The van der Waals surface area contributed by atoms with Crippen molar-refractivity contribution in [2.45, 2.75) is 25.2 Å². The highest BCUT2D eigenvalue weighted by Crippen LogP contribution is 2.40. The first kappa shape index (κ1) is 28.7. The molecule has 0 aliphatic rings. The molecule has 0 bridgehead atoms. The number of nitrogens with zero attached hydrogens (tertiary/aromatic N) is 2. The van der Waals surface area contributed by atoms with Crippen molar-refractivity contribution in [1.29, 1.82) is 0 Å². The summed E-state index contributed by atoms with van der Waals surface area (Å²) in [7, 11) is 0. The molecule has 2 aromatic carbocycles. The van der Waals surface area contributed by atoms with E-state index in [1.165, 1.54) is 24.3 Å². The molecule has 1 aromatic heterocycles. The van der Waals surface area contributed by atoms with Crippen LogP contribution >= 0.6 is 23.1 Å². The van der Waals surface area contributed by atoms with Crippen LogP contribution in [0.1, 0.15) is 29.0 Å². The molecular weight excluding hydrogens is 538 g/mol. The summed E-state index contributed by atoms with van der Waals surface area (Å²) in [4.78, 5) is 0.295. The third-order valence-corrected chi connectivity index (χ3v) is 7.01. The Bertz CT molecular complexity index is 1250. The van der Waals surface area contributed by atoms with Gasteiger partial charge in [-0.2, -0.15) is 26.3 Å². The Balaban J connectivity index is 1.90. The molecule has 0 radical (unpaired) electrons. The average Bonchev–Trinajstić information content (AvgIpc) is 3.35. The first-order chi connectivity index (χ1) is 17.4. The van der Waals surface area contributed by atoms with E-state index in [4.69, 9.17) is 4.74 Å². The van der Waals surface area contributed by atoms with Crippen LogP contribution in [0.3, 0.4) is 0 Å². The molecule has 4 nitrogen and oxygen atoms in total. The molecule has 0 saturated carbocycles. The van der Waals surface area contributed by atoms with Crippen LogP contribution in [-0.4, -0.2) is 40.9 Å². The molecule has 1 atom stereocenters. The van der Waals surface area contributed by atoms with Gasteiger partial charge in [-0.05, 0) is 41.7 Å². The lowest BCUT2D eigenvalue weighted by Gasteiger charge is -2.16. The molecule has 3 aromatic rings. The van der Waals surface area contributed by atoms with Gasteiger partial charge in [-0.25, -0.2) is 0 Å². The topological polar surface area (TPSA) is 55.2 Å². The number of aliphatic hydroxyl groups is 1. The zero-order chi connectivity index (χ0) is 27.2. The lowest BCUT2D eigenvalue weighted by Crippen LogP contribution is -2.10. The number of allylic oxidation sites excluding steroid dienone is 3. The van der Waals surface area contributed by atoms with E-state index < -0.39 is 23.7 Å². The first-order valence-electron chi connectivity index (χ1n) is 10.8. The van der Waals surface area contributed by atoms with E-state index in [9.17, 15) is 31.4 Å². The number of benzene rings is 2. The maximum atomic E-state index is 13.9. The lowest BCUT2D eigenvalue weighted by atomic mass is 10.0. The van der Waals surface area contributed by atoms with Crippen LogP contribution in [0.2, 0.25) is 0 Å². The van der Waals surface area contributed by atoms with Crippen LogP contribution in [0.15, 0.2) is 65.6 Å². The molecule has 198 valence electrons. The molecule has 0 saturated heterocycles. The van der Waals surface area contributed by atoms with Crippen molar-refractivity contribution in [2.24, 2.45) is 0 Å². The summed E-state index contributed by atoms with van der Waals surface area (Å²) in [6.45, 7) is 1.17. The number of aliphatic hydroxyl groups excluding tert-OH is 1. The molecule has 37 heavy (non-hydrogen) atoms. The summed E-state index contributed by atoms with van der Waals surface area (Å²) >= 11 is 2.14. The second-order valence-corrected chi connectivity index (χ2v) is 9.79. The van der Waals surface area contributed by atoms with Gasteiger partial charge in [0.25, 0.3) is 0 Å². The van der Waals surface area contributed by atoms with Crippen LogP contribution < -0.4 is 4.74 Å². The molecule has 3 rings (SSSR count). The Morgan fingerprint density at radius 3 is 2.38 bits per heavy atom. The monoisotopic (exact) mass is 560 g/mol. The molecule has 0 spiro atoms. The van der Waals surface area contributed by atoms with Crippen LogP contribution in [0.25, 0.3) is 16.1 Å². The van der Waals surface area contributed by atoms with Crippen molar-refractivity contribution in [3.8, 4) is 16.3 Å². The minimum atomic E-state index is -4.76. The minimum absolute atomic E-state index is 0.141. The van der Waals surface area contributed by atoms with Gasteiger partial charge in [0.05, 0.1) is 12.2 Å². The average molecular weight is 561 g/mol. The van der Waals surface area contributed by atoms with E-state index in [-0.39, 0.29) is 41.4 Å². The molecule has 0 fully saturated rings. The van der Waals surface area contributed by atoms with E-state index in [0.29, 0.717) is 15.5 Å². The highest BCUT2D eigenvalue weighted by Gasteiger charge is 2.35. The molecule has 1 unspecified atom stereocenters. The normalized spacial score (nSPS) is 14.1. The van der Waals surface area contributed by atoms with Crippen LogP contribution in [0.5, 0.6) is 5.75 Å². The van der Waals surface area contributed by atoms with E-state index in [1.54, 1.807) is 31.4 Å². The van der Waals surface area contributed by atoms with Gasteiger partial charge in [-0.1, -0.05) is 48.6 Å². The Labute approximate surface area is 217 Å². The van der Waals surface area contributed by atoms with Crippen molar-refractivity contribution in [2.75, 3.05) is 19.5 Å². The van der Waals surface area contributed by atoms with Crippen molar-refractivity contribution in [3.63, 3.8) is 0 Å². The molecule has 1 heterocycles. The summed E-state index contributed by atoms with van der Waals surface area (Å²) in [5.41, 5.74) is -0.713. The van der Waals surface area contributed by atoms with Gasteiger partial charge in [0.2, 0.25) is 0 Å². The molecule has 0 amide bonds. The summed E-state index contributed by atoms with van der Waals surface area (Å²) in [6, 6.07) is 11.3. The summed E-state index contributed by atoms with van der Waals surface area (Å²) < 4.78 is 86.4. The Kier molecular flexibility index (Phi) is 9.43. The smallest absolute Gasteiger partial charge is 0.419 e. The number of hydrogen-bond donors (Lipinski definition) is 1. The Morgan fingerprint density at radius 2 is 1.78 bits per heavy atom. The Hall–Kier alpha value is -2.83. The maximum absolute atomic E-state index is 13.9. The fourth-order valence-corrected chi connectivity index (χ4v) is 4.44. The number of thioether (sulfide) groups is 1. The predicted octanol–water partition coefficient (Wildman–Crippen LogP) is 7.59. The third kappa shape index (κ3) is 8.08. The van der Waals surface area contributed by atoms with Crippen molar-refractivity contribution in [3.05, 3.63) is 81.7 Å². The van der Waals surface area contributed by atoms with Gasteiger partial charge >= 0.3 is 12.4 Å². The van der Waals surface area contributed by atoms with Crippen molar-refractivity contribution in [1.82, 2.24) is 10.2 Å². The van der Waals surface area contributed by atoms with Crippen LogP contribution in [-0.2, 0) is 6.18 Å². The molecule has 0 aliphatic carbocycles. The fraction of sp³-hybridized carbons (Fsp3) is 0.280. The maximum Gasteiger partial charge on any atom is 0.419 e. The lowest BCUT2D eigenvalue weighted by molar-refractivity contribution is -0.138. The van der Waals surface area contributed by atoms with Gasteiger partial charge in [-0.3, -0.25) is 0 Å². The summed E-state index contributed by atoms with van der Waals surface area (Å²) in [6.07, 6.45) is -6.36. The second-order valence-electron chi connectivity index (χ2n) is 7.85. The predicted molar refractivity (Wildman–Crippen MR) is 133 cm³/mol. The first-order valence-corrected chi connectivity index (χ1v) is 12.8. The quantitative estimate of drug-likeness (QED) is 0.216. The van der Waals surface area contributed by atoms with E-state index in [0.717, 1.165) is 35.2 Å². The van der Waals surface area contributed by atoms with Crippen molar-refractivity contribution < 1.29 is 36.2 Å². The number of alkyl halides is 6. The summed E-state index contributed by atoms with van der Waals surface area (Å²) in [5.74, 6) is -0.773. The van der Waals surface area contributed by atoms with Crippen LogP contribution in [0.4, 0.5) is 26.3 Å². The number of halogens is 6. The highest BCUT2D eigenvalue weighted by atomic mass is 32.2. The zero-order valence-electron chi connectivity index (χ0n) is 19.6. The summed E-state index contributed by atoms with van der Waals surface area (Å²) in [5, 5.41) is 17.9. The molecular formula is C25H22F6N2O2S2.